The molecule has 0 radical (unpaired) electrons. The van der Waals surface area contributed by atoms with Crippen LogP contribution in [0.5, 0.6) is 0 Å². The smallest absolute Gasteiger partial charge is 0.0468 e. The molecule has 0 atom stereocenters. The van der Waals surface area contributed by atoms with Gasteiger partial charge in [0.1, 0.15) is 0 Å². The van der Waals surface area contributed by atoms with E-state index in [2.05, 4.69) is 222 Å². The summed E-state index contributed by atoms with van der Waals surface area (Å²) < 4.78 is 0. The molecule has 0 N–H and O–H groups in total. The van der Waals surface area contributed by atoms with Crippen molar-refractivity contribution in [2.24, 2.45) is 0 Å². The summed E-state index contributed by atoms with van der Waals surface area (Å²) in [5.41, 5.74) is 22.2. The molecule has 1 nitrogen and oxygen atoms in total. The summed E-state index contributed by atoms with van der Waals surface area (Å²) in [5, 5.41) is 5.14. The van der Waals surface area contributed by atoms with Gasteiger partial charge >= 0.3 is 0 Å². The van der Waals surface area contributed by atoms with Crippen LogP contribution < -0.4 is 4.90 Å². The Kier molecular flexibility index (Phi) is 7.16. The summed E-state index contributed by atoms with van der Waals surface area (Å²) in [7, 11) is 0. The summed E-state index contributed by atoms with van der Waals surface area (Å²) >= 11 is 0. The van der Waals surface area contributed by atoms with Gasteiger partial charge in [0, 0.05) is 33.3 Å². The molecule has 0 fully saturated rings. The standard InChI is InChI=1S/C59H47N/c1-57(2)51-19-13-12-18-45(51)46-27-26-44(33-54(46)57)60(42-23-20-37(21-24-42)36-14-8-7-9-15-36)43-25-22-40-30-48-50-34-49-47-29-38-16-10-11-17-39(38)31-52(47)58(3,4)55(49)35-56(50)59(5,6)53(48)32-41(40)28-43/h7-35H,1-6H3. The van der Waals surface area contributed by atoms with Crippen molar-refractivity contribution < 1.29 is 0 Å². The minimum Gasteiger partial charge on any atom is -0.310 e. The topological polar surface area (TPSA) is 3.24 Å². The van der Waals surface area contributed by atoms with Gasteiger partial charge in [-0.25, -0.2) is 0 Å². The third kappa shape index (κ3) is 4.87. The SMILES string of the molecule is CC1(C)c2ccccc2-c2ccc(N(c3ccc(-c4ccccc4)cc3)c3ccc4cc5c(cc4c3)C(C)(C)c3cc4c(cc3-5)-c3cc5ccccc5cc3C4(C)C)cc21. The van der Waals surface area contributed by atoms with Crippen molar-refractivity contribution in [1.29, 1.82) is 0 Å². The van der Waals surface area contributed by atoms with E-state index in [0.29, 0.717) is 0 Å². The van der Waals surface area contributed by atoms with Gasteiger partial charge in [-0.15, -0.1) is 0 Å². The second kappa shape index (κ2) is 12.2. The van der Waals surface area contributed by atoms with Gasteiger partial charge in [0.05, 0.1) is 0 Å². The van der Waals surface area contributed by atoms with E-state index >= 15 is 0 Å². The zero-order valence-electron chi connectivity index (χ0n) is 35.2. The average Bonchev–Trinajstić information content (AvgIpc) is 3.73. The molecule has 0 spiro atoms. The van der Waals surface area contributed by atoms with Gasteiger partial charge in [-0.1, -0.05) is 151 Å². The first kappa shape index (κ1) is 35.3. The largest absolute Gasteiger partial charge is 0.310 e. The Morgan fingerprint density at radius 2 is 0.717 bits per heavy atom. The van der Waals surface area contributed by atoms with Crippen LogP contribution in [-0.2, 0) is 16.2 Å². The molecule has 0 amide bonds. The van der Waals surface area contributed by atoms with Crippen molar-refractivity contribution in [2.45, 2.75) is 57.8 Å². The Balaban J connectivity index is 1.000. The van der Waals surface area contributed by atoms with E-state index in [0.717, 1.165) is 11.4 Å². The number of hydrogen-bond acceptors (Lipinski definition) is 1. The zero-order valence-corrected chi connectivity index (χ0v) is 35.2. The summed E-state index contributed by atoms with van der Waals surface area (Å²) in [5.74, 6) is 0. The lowest BCUT2D eigenvalue weighted by atomic mass is 9.77. The first-order valence-corrected chi connectivity index (χ1v) is 21.5. The highest BCUT2D eigenvalue weighted by Crippen LogP contribution is 2.57. The van der Waals surface area contributed by atoms with Gasteiger partial charge in [0.25, 0.3) is 0 Å². The summed E-state index contributed by atoms with van der Waals surface area (Å²) in [6.45, 7) is 14.4. The number of rotatable bonds is 4. The van der Waals surface area contributed by atoms with Gasteiger partial charge in [-0.05, 0) is 166 Å². The maximum Gasteiger partial charge on any atom is 0.0468 e. The highest BCUT2D eigenvalue weighted by Gasteiger charge is 2.42. The Hall–Kier alpha value is -6.70. The maximum atomic E-state index is 2.56. The average molecular weight is 770 g/mol. The second-order valence-corrected chi connectivity index (χ2v) is 19.0. The first-order valence-electron chi connectivity index (χ1n) is 21.5. The molecule has 3 aliphatic carbocycles. The van der Waals surface area contributed by atoms with Gasteiger partial charge in [-0.2, -0.15) is 0 Å². The second-order valence-electron chi connectivity index (χ2n) is 19.0. The van der Waals surface area contributed by atoms with Gasteiger partial charge in [0.15, 0.2) is 0 Å². The molecule has 0 aromatic heterocycles. The van der Waals surface area contributed by atoms with Crippen LogP contribution in [0.15, 0.2) is 176 Å². The van der Waals surface area contributed by atoms with E-state index in [-0.39, 0.29) is 16.2 Å². The lowest BCUT2D eigenvalue weighted by Gasteiger charge is -2.29. The van der Waals surface area contributed by atoms with Crippen molar-refractivity contribution in [1.82, 2.24) is 0 Å². The molecule has 0 heterocycles. The summed E-state index contributed by atoms with van der Waals surface area (Å²) in [6, 6.07) is 66.5. The van der Waals surface area contributed by atoms with Gasteiger partial charge in [-0.3, -0.25) is 0 Å². The van der Waals surface area contributed by atoms with Gasteiger partial charge < -0.3 is 4.90 Å². The van der Waals surface area contributed by atoms with Crippen molar-refractivity contribution >= 4 is 38.6 Å². The molecule has 288 valence electrons. The monoisotopic (exact) mass is 769 g/mol. The lowest BCUT2D eigenvalue weighted by molar-refractivity contribution is 0.640. The molecule has 9 aromatic carbocycles. The minimum atomic E-state index is -0.146. The number of nitrogens with zero attached hydrogens (tertiary/aromatic N) is 1. The number of fused-ring (bicyclic) bond motifs is 11. The highest BCUT2D eigenvalue weighted by molar-refractivity contribution is 6.00. The quantitative estimate of drug-likeness (QED) is 0.172. The molecule has 60 heavy (non-hydrogen) atoms. The van der Waals surface area contributed by atoms with E-state index in [1.807, 2.05) is 0 Å². The minimum absolute atomic E-state index is 0.0769. The molecule has 0 unspecified atom stereocenters. The molecule has 0 aliphatic heterocycles. The van der Waals surface area contributed by atoms with Crippen molar-refractivity contribution in [3.63, 3.8) is 0 Å². The normalized spacial score (nSPS) is 15.6. The Bertz CT molecular complexity index is 3270. The van der Waals surface area contributed by atoms with Crippen LogP contribution in [0.25, 0.3) is 66.1 Å². The highest BCUT2D eigenvalue weighted by atomic mass is 15.1. The van der Waals surface area contributed by atoms with Crippen LogP contribution in [0, 0.1) is 0 Å². The van der Waals surface area contributed by atoms with E-state index < -0.39 is 0 Å². The van der Waals surface area contributed by atoms with E-state index in [9.17, 15) is 0 Å². The van der Waals surface area contributed by atoms with E-state index in [1.54, 1.807) is 0 Å². The van der Waals surface area contributed by atoms with Crippen LogP contribution in [0.3, 0.4) is 0 Å². The molecule has 1 heteroatoms. The van der Waals surface area contributed by atoms with Crippen LogP contribution in [0.2, 0.25) is 0 Å². The summed E-state index contributed by atoms with van der Waals surface area (Å²) in [4.78, 5) is 2.45. The molecular formula is C59H47N. The summed E-state index contributed by atoms with van der Waals surface area (Å²) in [6.07, 6.45) is 0. The first-order chi connectivity index (χ1) is 29.0. The van der Waals surface area contributed by atoms with Crippen LogP contribution in [0.1, 0.15) is 74.9 Å². The fourth-order valence-electron chi connectivity index (χ4n) is 11.2. The molecule has 12 rings (SSSR count). The molecular weight excluding hydrogens is 723 g/mol. The number of hydrogen-bond donors (Lipinski definition) is 0. The Morgan fingerprint density at radius 1 is 0.267 bits per heavy atom. The molecule has 0 saturated carbocycles. The van der Waals surface area contributed by atoms with Crippen LogP contribution in [-0.4, -0.2) is 0 Å². The maximum absolute atomic E-state index is 2.56. The molecule has 9 aromatic rings. The van der Waals surface area contributed by atoms with Gasteiger partial charge in [0.2, 0.25) is 0 Å². The van der Waals surface area contributed by atoms with E-state index in [1.165, 1.54) is 105 Å². The van der Waals surface area contributed by atoms with Crippen molar-refractivity contribution in [3.05, 3.63) is 209 Å². The number of anilines is 3. The number of benzene rings is 9. The predicted octanol–water partition coefficient (Wildman–Crippen LogP) is 16.0. The van der Waals surface area contributed by atoms with Crippen LogP contribution >= 0.6 is 0 Å². The third-order valence-electron chi connectivity index (χ3n) is 14.6. The molecule has 0 bridgehead atoms. The predicted molar refractivity (Wildman–Crippen MR) is 254 cm³/mol. The van der Waals surface area contributed by atoms with E-state index in [4.69, 9.17) is 0 Å². The fraction of sp³-hybridized carbons (Fsp3) is 0.153. The Morgan fingerprint density at radius 3 is 1.42 bits per heavy atom. The zero-order chi connectivity index (χ0) is 40.7. The molecule has 0 saturated heterocycles. The third-order valence-corrected chi connectivity index (χ3v) is 14.6. The fourth-order valence-corrected chi connectivity index (χ4v) is 11.2. The van der Waals surface area contributed by atoms with Crippen molar-refractivity contribution in [3.8, 4) is 44.5 Å². The van der Waals surface area contributed by atoms with Crippen molar-refractivity contribution in [2.75, 3.05) is 4.90 Å². The Labute approximate surface area is 353 Å². The van der Waals surface area contributed by atoms with Crippen LogP contribution in [0.4, 0.5) is 17.1 Å². The lowest BCUT2D eigenvalue weighted by Crippen LogP contribution is -2.18. The molecule has 3 aliphatic rings.